The van der Waals surface area contributed by atoms with Crippen molar-refractivity contribution < 1.29 is 0 Å². The zero-order valence-corrected chi connectivity index (χ0v) is 10.2. The SMILES string of the molecule is [K].[K].[Li].[Li]. The van der Waals surface area contributed by atoms with Crippen molar-refractivity contribution in [2.75, 3.05) is 0 Å². The van der Waals surface area contributed by atoms with Gasteiger partial charge in [0, 0.05) is 140 Å². The van der Waals surface area contributed by atoms with Crippen molar-refractivity contribution in [3.05, 3.63) is 0 Å². The van der Waals surface area contributed by atoms with Gasteiger partial charge in [0.2, 0.25) is 0 Å². The molecule has 0 rings (SSSR count). The van der Waals surface area contributed by atoms with Gasteiger partial charge in [-0.3, -0.25) is 0 Å². The first-order valence-electron chi connectivity index (χ1n) is 0. The second-order valence-corrected chi connectivity index (χ2v) is 0. The molecule has 0 amide bonds. The van der Waals surface area contributed by atoms with Crippen molar-refractivity contribution in [1.29, 1.82) is 0 Å². The van der Waals surface area contributed by atoms with Crippen LogP contribution in [0.15, 0.2) is 0 Å². The predicted molar refractivity (Wildman–Crippen MR) is 23.0 cm³/mol. The van der Waals surface area contributed by atoms with Crippen LogP contribution in [0.2, 0.25) is 0 Å². The first kappa shape index (κ1) is 23.7. The van der Waals surface area contributed by atoms with Crippen LogP contribution in [0.4, 0.5) is 0 Å². The van der Waals surface area contributed by atoms with Crippen LogP contribution in [0.3, 0.4) is 0 Å². The Morgan fingerprint density at radius 3 is 0.500 bits per heavy atom. The molecule has 0 atom stereocenters. The van der Waals surface area contributed by atoms with E-state index in [1.807, 2.05) is 0 Å². The standard InChI is InChI=1S/2K.2Li. The maximum atomic E-state index is 0. The minimum atomic E-state index is 0. The number of hydrogen-bond donors (Lipinski definition) is 0. The molecule has 4 heavy (non-hydrogen) atoms. The summed E-state index contributed by atoms with van der Waals surface area (Å²) >= 11 is 0. The Labute approximate surface area is 136 Å². The molecule has 4 heteroatoms. The molecule has 0 aliphatic heterocycles. The van der Waals surface area contributed by atoms with E-state index in [2.05, 4.69) is 0 Å². The maximum absolute atomic E-state index is 0. The molecule has 4 valence electrons. The summed E-state index contributed by atoms with van der Waals surface area (Å²) in [5, 5.41) is 0. The van der Waals surface area contributed by atoms with Gasteiger partial charge in [-0.25, -0.2) is 0 Å². The second-order valence-electron chi connectivity index (χ2n) is 0. The van der Waals surface area contributed by atoms with E-state index < -0.39 is 0 Å². The Hall–Kier alpha value is 4.47. The Morgan fingerprint density at radius 1 is 0.500 bits per heavy atom. The maximum Gasteiger partial charge on any atom is 0 e. The molecule has 0 heterocycles. The molecule has 0 aromatic carbocycles. The van der Waals surface area contributed by atoms with Crippen LogP contribution in [0.5, 0.6) is 0 Å². The zero-order chi connectivity index (χ0) is 0. The summed E-state index contributed by atoms with van der Waals surface area (Å²) in [4.78, 5) is 0. The van der Waals surface area contributed by atoms with E-state index in [-0.39, 0.29) is 140 Å². The molecular weight excluding hydrogens is 92.1 g/mol. The van der Waals surface area contributed by atoms with Crippen LogP contribution in [0.1, 0.15) is 0 Å². The molecule has 0 fully saturated rings. The molecule has 0 unspecified atom stereocenters. The molecule has 0 aliphatic carbocycles. The smallest absolute Gasteiger partial charge is 0 e. The summed E-state index contributed by atoms with van der Waals surface area (Å²) in [6.45, 7) is 0. The van der Waals surface area contributed by atoms with Gasteiger partial charge in [0.25, 0.3) is 0 Å². The van der Waals surface area contributed by atoms with Crippen LogP contribution < -0.4 is 0 Å². The van der Waals surface area contributed by atoms with Gasteiger partial charge < -0.3 is 0 Å². The van der Waals surface area contributed by atoms with Gasteiger partial charge in [-0.2, -0.15) is 0 Å². The molecular formula is K2Li2. The molecule has 0 spiro atoms. The van der Waals surface area contributed by atoms with Crippen LogP contribution in [0, 0.1) is 0 Å². The van der Waals surface area contributed by atoms with E-state index in [0.29, 0.717) is 0 Å². The van der Waals surface area contributed by atoms with E-state index in [4.69, 9.17) is 0 Å². The Bertz CT molecular complexity index is 4.00. The summed E-state index contributed by atoms with van der Waals surface area (Å²) in [6.07, 6.45) is 0. The zero-order valence-electron chi connectivity index (χ0n) is 4.00. The molecule has 0 saturated carbocycles. The summed E-state index contributed by atoms with van der Waals surface area (Å²) in [5.41, 5.74) is 0. The topological polar surface area (TPSA) is 0 Å². The molecule has 0 aliphatic rings. The van der Waals surface area contributed by atoms with Crippen molar-refractivity contribution in [1.82, 2.24) is 0 Å². The fraction of sp³-hybridized carbons (Fsp3) is 0. The van der Waals surface area contributed by atoms with E-state index in [1.54, 1.807) is 0 Å². The first-order chi connectivity index (χ1) is 0. The average molecular weight is 92.1 g/mol. The Balaban J connectivity index is 0. The summed E-state index contributed by atoms with van der Waals surface area (Å²) in [5.74, 6) is 0. The van der Waals surface area contributed by atoms with Crippen LogP contribution in [0.25, 0.3) is 0 Å². The minimum absolute atomic E-state index is 0. The third kappa shape index (κ3) is 9.69. The molecule has 0 bridgehead atoms. The molecule has 4 radical (unpaired) electrons. The molecule has 0 nitrogen and oxygen atoms in total. The summed E-state index contributed by atoms with van der Waals surface area (Å²) in [7, 11) is 0. The van der Waals surface area contributed by atoms with Crippen LogP contribution >= 0.6 is 0 Å². The van der Waals surface area contributed by atoms with Crippen molar-refractivity contribution in [2.45, 2.75) is 0 Å². The second kappa shape index (κ2) is 15.7. The largest absolute Gasteiger partial charge is 0 e. The third-order valence-electron chi connectivity index (χ3n) is 0. The van der Waals surface area contributed by atoms with Gasteiger partial charge in [0.1, 0.15) is 0 Å². The monoisotopic (exact) mass is 92.0 g/mol. The van der Waals surface area contributed by atoms with Crippen molar-refractivity contribution >= 4 is 140 Å². The van der Waals surface area contributed by atoms with E-state index in [1.165, 1.54) is 0 Å². The fourth-order valence-electron chi connectivity index (χ4n) is 0. The van der Waals surface area contributed by atoms with E-state index in [9.17, 15) is 0 Å². The molecule has 0 N–H and O–H groups in total. The summed E-state index contributed by atoms with van der Waals surface area (Å²) < 4.78 is 0. The quantitative estimate of drug-likeness (QED) is 0.318. The van der Waals surface area contributed by atoms with E-state index >= 15 is 0 Å². The van der Waals surface area contributed by atoms with Crippen LogP contribution in [-0.4, -0.2) is 140 Å². The average Bonchev–Trinajstić information content (AvgIpc) is 0. The molecule has 0 saturated heterocycles. The molecule has 0 aromatic heterocycles. The van der Waals surface area contributed by atoms with Gasteiger partial charge in [-0.15, -0.1) is 0 Å². The third-order valence-corrected chi connectivity index (χ3v) is 0. The Kier molecular flexibility index (Phi) is 92.6. The first-order valence-corrected chi connectivity index (χ1v) is 0. The van der Waals surface area contributed by atoms with Gasteiger partial charge in [-0.1, -0.05) is 0 Å². The van der Waals surface area contributed by atoms with Gasteiger partial charge in [-0.05, 0) is 0 Å². The number of hydrogen-bond acceptors (Lipinski definition) is 0. The predicted octanol–water partition coefficient (Wildman–Crippen LogP) is -1.52. The van der Waals surface area contributed by atoms with E-state index in [0.717, 1.165) is 0 Å². The van der Waals surface area contributed by atoms with Crippen molar-refractivity contribution in [3.63, 3.8) is 0 Å². The van der Waals surface area contributed by atoms with Crippen LogP contribution in [-0.2, 0) is 0 Å². The Morgan fingerprint density at radius 2 is 0.500 bits per heavy atom. The number of rotatable bonds is 0. The summed E-state index contributed by atoms with van der Waals surface area (Å²) in [6, 6.07) is 0. The van der Waals surface area contributed by atoms with Gasteiger partial charge in [0.15, 0.2) is 0 Å². The van der Waals surface area contributed by atoms with Crippen molar-refractivity contribution in [2.24, 2.45) is 0 Å². The minimum Gasteiger partial charge on any atom is 0 e. The van der Waals surface area contributed by atoms with Crippen molar-refractivity contribution in [3.8, 4) is 0 Å². The molecule has 0 aromatic rings. The van der Waals surface area contributed by atoms with Gasteiger partial charge >= 0.3 is 0 Å². The normalized spacial score (nSPS) is 0. The van der Waals surface area contributed by atoms with Gasteiger partial charge in [0.05, 0.1) is 0 Å². The fourth-order valence-corrected chi connectivity index (χ4v) is 0.